The average Bonchev–Trinajstić information content (AvgIpc) is 1.60. The number of fused-ring (bicyclic) bond motifs is 4. The fraction of sp³-hybridized carbons (Fsp3) is 0.432. The molecule has 10 heterocycles. The molecule has 2 saturated heterocycles. The summed E-state index contributed by atoms with van der Waals surface area (Å²) in [5.41, 5.74) is 13.2. The van der Waals surface area contributed by atoms with Crippen molar-refractivity contribution in [1.29, 1.82) is 0 Å². The van der Waals surface area contributed by atoms with Crippen LogP contribution in [0.1, 0.15) is 202 Å². The Hall–Kier alpha value is -13.0. The summed E-state index contributed by atoms with van der Waals surface area (Å²) < 4.78 is 118. The van der Waals surface area contributed by atoms with Crippen LogP contribution in [0, 0.1) is 39.5 Å². The highest BCUT2D eigenvalue weighted by atomic mass is 32.2. The van der Waals surface area contributed by atoms with Crippen LogP contribution in [0.25, 0.3) is 66.9 Å². The minimum Gasteiger partial charge on any atom is -0.444 e. The van der Waals surface area contributed by atoms with Gasteiger partial charge in [0.1, 0.15) is 28.4 Å². The first-order chi connectivity index (χ1) is 64.2. The first-order valence-corrected chi connectivity index (χ1v) is 52.6. The van der Waals surface area contributed by atoms with Crippen LogP contribution in [0.5, 0.6) is 0 Å². The number of carbonyl (C=O) groups excluding carboxylic acids is 6. The zero-order valence-corrected chi connectivity index (χ0v) is 82.9. The molecule has 4 aliphatic carbocycles. The van der Waals surface area contributed by atoms with E-state index in [1.165, 1.54) is 68.0 Å². The number of nitrogens with zero attached hydrogens (tertiary/aromatic N) is 18. The molecule has 6 fully saturated rings. The van der Waals surface area contributed by atoms with E-state index in [1.807, 2.05) is 103 Å². The smallest absolute Gasteiger partial charge is 0.410 e. The van der Waals surface area contributed by atoms with Crippen LogP contribution in [0.2, 0.25) is 0 Å². The number of anilines is 4. The molecule has 136 heavy (non-hydrogen) atoms. The Morgan fingerprint density at radius 2 is 0.728 bits per heavy atom. The average molecular weight is 1930 g/mol. The minimum absolute atomic E-state index is 0.0447. The molecule has 4 N–H and O–H groups in total. The zero-order chi connectivity index (χ0) is 98.0. The van der Waals surface area contributed by atoms with Crippen molar-refractivity contribution in [2.24, 2.45) is 11.8 Å². The molecule has 6 aliphatic rings. The van der Waals surface area contributed by atoms with Gasteiger partial charge in [-0.05, 0) is 272 Å². The second-order valence-corrected chi connectivity index (χ2v) is 45.0. The van der Waals surface area contributed by atoms with Crippen molar-refractivity contribution in [2.75, 3.05) is 124 Å². The van der Waals surface area contributed by atoms with Gasteiger partial charge in [-0.15, -0.1) is 0 Å². The van der Waals surface area contributed by atoms with Gasteiger partial charge in [-0.3, -0.25) is 41.2 Å². The number of pyridine rings is 4. The number of likely N-dealkylation sites (tertiary alicyclic amines) is 2. The van der Waals surface area contributed by atoms with Gasteiger partial charge >= 0.3 is 6.09 Å². The van der Waals surface area contributed by atoms with Gasteiger partial charge in [-0.1, -0.05) is 18.2 Å². The van der Waals surface area contributed by atoms with Crippen LogP contribution in [0.4, 0.5) is 27.5 Å². The third-order valence-corrected chi connectivity index (χ3v) is 30.0. The van der Waals surface area contributed by atoms with E-state index < -0.39 is 45.7 Å². The Kier molecular flexibility index (Phi) is 27.4. The number of sulfonamides is 4. The Balaban J connectivity index is 0.000000139. The highest BCUT2D eigenvalue weighted by Crippen LogP contribution is 2.51. The molecule has 0 atom stereocenters. The lowest BCUT2D eigenvalue weighted by Crippen LogP contribution is -2.52. The molecule has 0 radical (unpaired) electrons. The fourth-order valence-corrected chi connectivity index (χ4v) is 19.9. The standard InChI is InChI=1S/C29H38N6O5S.C26H32N6O4S.C21H25N5O3S.C19H21N5O3S/c1-18-7-10-25(31-15-18)35-26(27(36)30-5)22-13-21(20-8-9-20)24(14-23(22)32-35)34(41(6,38)39)12-11-19-16-33(17-19)28(37)40-29(2,3)4;1-16-5-8-24(28-13-16)32-25(26(34)27-3)21-11-20(19-6-7-19)23(12-22(21)29-32)31(37(4,35)36)10-9-18-14-30(15-18)17(2)33;1-12-8-19(23-11-13(12)2)26-20(21(27)22-3)16-9-15(14-6-7-14)18(10-17(16)24-26)25(4)30(5,28)29;1-20-19(25)18-14-10-13(12-7-8-12)16(23(2)28(3,26)27)11-15(14)22-24(18)17-6-4-5-9-21-17/h7,10,13-15,19-20H,8-9,11-12,16-17H2,1-6H3,(H,30,36);5,8,11-13,18-19H,6-7,9-10,14-15H2,1-4H3,(H,27,34);8-11,14H,6-7H2,1-5H3,(H,22,27);4-6,9-12H,7-8H2,1-3H3,(H,20,25). The molecule has 41 heteroatoms. The van der Waals surface area contributed by atoms with Gasteiger partial charge in [0.15, 0.2) is 23.3 Å². The van der Waals surface area contributed by atoms with Crippen molar-refractivity contribution in [3.05, 3.63) is 189 Å². The van der Waals surface area contributed by atoms with Crippen LogP contribution in [-0.2, 0) is 49.6 Å². The number of rotatable bonds is 26. The molecule has 0 unspecified atom stereocenters. The van der Waals surface area contributed by atoms with Crippen LogP contribution < -0.4 is 38.5 Å². The van der Waals surface area contributed by atoms with E-state index in [4.69, 9.17) is 14.9 Å². The largest absolute Gasteiger partial charge is 0.444 e. The normalized spacial score (nSPS) is 15.2. The summed E-state index contributed by atoms with van der Waals surface area (Å²) in [7, 11) is -4.69. The summed E-state index contributed by atoms with van der Waals surface area (Å²) in [6.45, 7) is 17.8. The first-order valence-electron chi connectivity index (χ1n) is 45.2. The summed E-state index contributed by atoms with van der Waals surface area (Å²) >= 11 is 0. The number of carbonyl (C=O) groups is 6. The molecular formula is C95H116N22O15S4. The van der Waals surface area contributed by atoms with E-state index in [9.17, 15) is 62.4 Å². The molecule has 12 aromatic rings. The quantitative estimate of drug-likeness (QED) is 0.0391. The number of aromatic nitrogens is 12. The summed E-state index contributed by atoms with van der Waals surface area (Å²) in [4.78, 5) is 96.5. The second-order valence-electron chi connectivity index (χ2n) is 37.1. The van der Waals surface area contributed by atoms with Gasteiger partial charge in [0.05, 0.1) is 69.8 Å². The fourth-order valence-electron chi connectivity index (χ4n) is 16.9. The zero-order valence-electron chi connectivity index (χ0n) is 79.6. The molecular weight excluding hydrogens is 1820 g/mol. The second kappa shape index (κ2) is 38.3. The number of ether oxygens (including phenoxy) is 1. The van der Waals surface area contributed by atoms with Gasteiger partial charge in [-0.25, -0.2) is 77.1 Å². The highest BCUT2D eigenvalue weighted by Gasteiger charge is 2.41. The third-order valence-electron chi connectivity index (χ3n) is 25.3. The Bertz CT molecular complexity index is 7190. The maximum absolute atomic E-state index is 13.1. The van der Waals surface area contributed by atoms with Crippen molar-refractivity contribution in [3.8, 4) is 23.3 Å². The topological polar surface area (TPSA) is 439 Å². The lowest BCUT2D eigenvalue weighted by Gasteiger charge is -2.40. The molecule has 4 aromatic carbocycles. The maximum Gasteiger partial charge on any atom is 0.410 e. The summed E-state index contributed by atoms with van der Waals surface area (Å²) in [5, 5.41) is 32.1. The number of amides is 6. The van der Waals surface area contributed by atoms with Gasteiger partial charge in [0, 0.05) is 135 Å². The lowest BCUT2D eigenvalue weighted by atomic mass is 9.96. The van der Waals surface area contributed by atoms with E-state index in [-0.39, 0.29) is 71.8 Å². The molecule has 18 rings (SSSR count). The molecule has 8 aromatic heterocycles. The molecule has 37 nitrogen and oxygen atoms in total. The number of hydrogen-bond acceptors (Lipinski definition) is 23. The minimum atomic E-state index is -3.63. The van der Waals surface area contributed by atoms with E-state index in [0.29, 0.717) is 164 Å². The Morgan fingerprint density at radius 3 is 1.01 bits per heavy atom. The summed E-state index contributed by atoms with van der Waals surface area (Å²) in [6, 6.07) is 29.4. The van der Waals surface area contributed by atoms with Crippen molar-refractivity contribution < 1.29 is 67.2 Å². The van der Waals surface area contributed by atoms with E-state index >= 15 is 0 Å². The predicted molar refractivity (Wildman–Crippen MR) is 523 cm³/mol. The summed E-state index contributed by atoms with van der Waals surface area (Å²) in [6.07, 6.45) is 20.4. The Labute approximate surface area is 791 Å². The van der Waals surface area contributed by atoms with Gasteiger partial charge < -0.3 is 35.8 Å². The Morgan fingerprint density at radius 1 is 0.404 bits per heavy atom. The summed E-state index contributed by atoms with van der Waals surface area (Å²) in [5.74, 6) is 2.43. The molecule has 720 valence electrons. The molecule has 0 spiro atoms. The van der Waals surface area contributed by atoms with E-state index in [1.54, 1.807) is 119 Å². The molecule has 4 saturated carbocycles. The van der Waals surface area contributed by atoms with Crippen molar-refractivity contribution in [1.82, 2.24) is 90.1 Å². The number of nitrogens with one attached hydrogen (secondary N) is 4. The van der Waals surface area contributed by atoms with Gasteiger partial charge in [-0.2, -0.15) is 20.4 Å². The van der Waals surface area contributed by atoms with E-state index in [2.05, 4.69) is 51.4 Å². The molecule has 6 amide bonds. The van der Waals surface area contributed by atoms with Gasteiger partial charge in [0.2, 0.25) is 46.0 Å². The van der Waals surface area contributed by atoms with Crippen LogP contribution in [-0.4, -0.2) is 250 Å². The SMILES string of the molecule is CNC(=O)c1c2cc(C3CC3)c(N(C)S(C)(=O)=O)cc2nn1-c1cc(C)c(C)cn1.CNC(=O)c1c2cc(C3CC3)c(N(C)S(C)(=O)=O)cc2nn1-c1ccccn1.CNC(=O)c1c2cc(C3CC3)c(N(CCC3CN(C(=O)OC(C)(C)C)C3)S(C)(=O)=O)cc2nn1-c1ccc(C)cn1.CNC(=O)c1c2cc(C3CC3)c(N(CCC3CN(C(C)=O)C3)S(C)(=O)=O)cc2nn1-c1ccc(C)cn1. The van der Waals surface area contributed by atoms with Crippen LogP contribution in [0.3, 0.4) is 0 Å². The number of benzene rings is 4. The maximum atomic E-state index is 13.1. The van der Waals surface area contributed by atoms with E-state index in [0.717, 1.165) is 95.9 Å². The first kappa shape index (κ1) is 97.5. The highest BCUT2D eigenvalue weighted by molar-refractivity contribution is 7.92. The number of hydrogen-bond donors (Lipinski definition) is 4. The van der Waals surface area contributed by atoms with Crippen LogP contribution >= 0.6 is 0 Å². The monoisotopic (exact) mass is 1930 g/mol. The van der Waals surface area contributed by atoms with Gasteiger partial charge in [0.25, 0.3) is 23.6 Å². The van der Waals surface area contributed by atoms with Crippen molar-refractivity contribution in [2.45, 2.75) is 149 Å². The molecule has 0 bridgehead atoms. The third kappa shape index (κ3) is 21.1. The lowest BCUT2D eigenvalue weighted by molar-refractivity contribution is -0.135. The predicted octanol–water partition coefficient (Wildman–Crippen LogP) is 11.3. The van der Waals surface area contributed by atoms with Crippen LogP contribution in [0.15, 0.2) is 122 Å². The van der Waals surface area contributed by atoms with Crippen molar-refractivity contribution >= 4 is 142 Å². The molecule has 2 aliphatic heterocycles. The van der Waals surface area contributed by atoms with Crippen molar-refractivity contribution in [3.63, 3.8) is 0 Å². The number of aryl methyl sites for hydroxylation is 4.